The molecule has 31 heavy (non-hydrogen) atoms. The van der Waals surface area contributed by atoms with Crippen molar-refractivity contribution in [2.24, 2.45) is 0 Å². The molecule has 168 valence electrons. The fraction of sp³-hybridized carbons (Fsp3) is 0.500. The zero-order chi connectivity index (χ0) is 22.1. The number of ether oxygens (including phenoxy) is 2. The minimum Gasteiger partial charge on any atom is -0.490 e. The van der Waals surface area contributed by atoms with Gasteiger partial charge in [0, 0.05) is 44.9 Å². The largest absolute Gasteiger partial charge is 0.490 e. The molecule has 0 aromatic heterocycles. The van der Waals surface area contributed by atoms with Gasteiger partial charge >= 0.3 is 0 Å². The molecule has 0 unspecified atom stereocenters. The second-order valence-electron chi connectivity index (χ2n) is 8.50. The van der Waals surface area contributed by atoms with Gasteiger partial charge in [-0.1, -0.05) is 30.3 Å². The lowest BCUT2D eigenvalue weighted by Gasteiger charge is -2.32. The summed E-state index contributed by atoms with van der Waals surface area (Å²) in [5, 5.41) is 0. The molecule has 0 bridgehead atoms. The summed E-state index contributed by atoms with van der Waals surface area (Å²) in [4.78, 5) is 17.2. The summed E-state index contributed by atoms with van der Waals surface area (Å²) >= 11 is 0. The summed E-state index contributed by atoms with van der Waals surface area (Å²) in [6.45, 7) is 8.41. The summed E-state index contributed by atoms with van der Waals surface area (Å²) in [5.41, 5.74) is 2.08. The number of hydrogen-bond acceptors (Lipinski definition) is 4. The molecule has 0 atom stereocenters. The lowest BCUT2D eigenvalue weighted by Crippen LogP contribution is -2.39. The van der Waals surface area contributed by atoms with Crippen molar-refractivity contribution in [1.29, 1.82) is 0 Å². The smallest absolute Gasteiger partial charge is 0.254 e. The average Bonchev–Trinajstić information content (AvgIpc) is 2.80. The molecule has 5 heteroatoms. The van der Waals surface area contributed by atoms with Crippen molar-refractivity contribution in [2.45, 2.75) is 45.3 Å². The molecular weight excluding hydrogens is 388 g/mol. The van der Waals surface area contributed by atoms with E-state index < -0.39 is 0 Å². The van der Waals surface area contributed by atoms with Crippen LogP contribution >= 0.6 is 0 Å². The molecule has 0 radical (unpaired) electrons. The van der Waals surface area contributed by atoms with Crippen LogP contribution in [-0.2, 0) is 11.2 Å². The number of piperidine rings is 1. The van der Waals surface area contributed by atoms with Gasteiger partial charge < -0.3 is 19.3 Å². The summed E-state index contributed by atoms with van der Waals surface area (Å²) in [6, 6.07) is 18.4. The highest BCUT2D eigenvalue weighted by molar-refractivity contribution is 5.94. The van der Waals surface area contributed by atoms with Gasteiger partial charge in [-0.2, -0.15) is 0 Å². The molecule has 1 saturated heterocycles. The average molecular weight is 425 g/mol. The van der Waals surface area contributed by atoms with Gasteiger partial charge in [0.15, 0.2) is 0 Å². The first-order valence-electron chi connectivity index (χ1n) is 11.4. The van der Waals surface area contributed by atoms with E-state index in [9.17, 15) is 4.79 Å². The molecule has 0 saturated carbocycles. The van der Waals surface area contributed by atoms with Crippen LogP contribution in [0.1, 0.15) is 42.6 Å². The van der Waals surface area contributed by atoms with Gasteiger partial charge in [-0.25, -0.2) is 0 Å². The van der Waals surface area contributed by atoms with E-state index in [1.54, 1.807) is 7.11 Å². The Hall–Kier alpha value is -2.37. The van der Waals surface area contributed by atoms with E-state index in [1.807, 2.05) is 43.0 Å². The van der Waals surface area contributed by atoms with Gasteiger partial charge in [0.2, 0.25) is 0 Å². The topological polar surface area (TPSA) is 42.0 Å². The molecule has 0 spiro atoms. The number of rotatable bonds is 10. The molecule has 1 fully saturated rings. The third kappa shape index (κ3) is 7.08. The zero-order valence-electron chi connectivity index (χ0n) is 19.1. The minimum atomic E-state index is 0.0327. The first-order valence-corrected chi connectivity index (χ1v) is 11.4. The highest BCUT2D eigenvalue weighted by Gasteiger charge is 2.21. The van der Waals surface area contributed by atoms with Gasteiger partial charge in [-0.3, -0.25) is 4.79 Å². The van der Waals surface area contributed by atoms with Gasteiger partial charge in [0.25, 0.3) is 5.91 Å². The third-order valence-corrected chi connectivity index (χ3v) is 5.92. The minimum absolute atomic E-state index is 0.0327. The third-order valence-electron chi connectivity index (χ3n) is 5.92. The highest BCUT2D eigenvalue weighted by atomic mass is 16.5. The Bertz CT molecular complexity index is 784. The van der Waals surface area contributed by atoms with Crippen molar-refractivity contribution in [3.8, 4) is 5.75 Å². The quantitative estimate of drug-likeness (QED) is 0.571. The Morgan fingerprint density at radius 2 is 1.74 bits per heavy atom. The van der Waals surface area contributed by atoms with E-state index in [2.05, 4.69) is 35.2 Å². The van der Waals surface area contributed by atoms with Crippen LogP contribution in [0.3, 0.4) is 0 Å². The number of methoxy groups -OCH3 is 1. The number of carbonyl (C=O) groups excluding carboxylic acids is 1. The summed E-state index contributed by atoms with van der Waals surface area (Å²) < 4.78 is 11.3. The molecule has 0 N–H and O–H groups in total. The van der Waals surface area contributed by atoms with Crippen LogP contribution in [0.15, 0.2) is 54.6 Å². The van der Waals surface area contributed by atoms with E-state index in [-0.39, 0.29) is 18.1 Å². The lowest BCUT2D eigenvalue weighted by molar-refractivity contribution is 0.0635. The Kier molecular flexibility index (Phi) is 8.92. The second-order valence-corrected chi connectivity index (χ2v) is 8.50. The maximum atomic E-state index is 12.8. The standard InChI is InChI=1S/C26H36N2O3/c1-21(2)28(19-20-30-3)26(29)23-9-11-24(12-10-23)31-25-14-17-27(18-15-25)16-13-22-7-5-4-6-8-22/h4-12,21,25H,13-20H2,1-3H3. The maximum absolute atomic E-state index is 12.8. The number of nitrogens with zero attached hydrogens (tertiary/aromatic N) is 2. The van der Waals surface area contributed by atoms with E-state index in [0.717, 1.165) is 44.6 Å². The van der Waals surface area contributed by atoms with Crippen LogP contribution in [0.25, 0.3) is 0 Å². The first kappa shape index (κ1) is 23.3. The Labute approximate surface area is 187 Å². The first-order chi connectivity index (χ1) is 15.1. The number of likely N-dealkylation sites (tertiary alicyclic amines) is 1. The van der Waals surface area contributed by atoms with Crippen molar-refractivity contribution in [2.75, 3.05) is 39.9 Å². The zero-order valence-corrected chi connectivity index (χ0v) is 19.1. The SMILES string of the molecule is COCCN(C(=O)c1ccc(OC2CCN(CCc3ccccc3)CC2)cc1)C(C)C. The highest BCUT2D eigenvalue weighted by Crippen LogP contribution is 2.21. The van der Waals surface area contributed by atoms with Crippen LogP contribution in [0.4, 0.5) is 0 Å². The van der Waals surface area contributed by atoms with Crippen LogP contribution in [0.5, 0.6) is 5.75 Å². The van der Waals surface area contributed by atoms with E-state index >= 15 is 0 Å². The van der Waals surface area contributed by atoms with Crippen LogP contribution in [-0.4, -0.2) is 67.7 Å². The monoisotopic (exact) mass is 424 g/mol. The lowest BCUT2D eigenvalue weighted by atomic mass is 10.1. The van der Waals surface area contributed by atoms with Gasteiger partial charge in [0.05, 0.1) is 6.61 Å². The van der Waals surface area contributed by atoms with Gasteiger partial charge in [-0.05, 0) is 62.9 Å². The summed E-state index contributed by atoms with van der Waals surface area (Å²) in [5.74, 6) is 0.873. The van der Waals surface area contributed by atoms with Crippen molar-refractivity contribution in [3.05, 3.63) is 65.7 Å². The molecular formula is C26H36N2O3. The summed E-state index contributed by atoms with van der Waals surface area (Å²) in [7, 11) is 1.66. The predicted molar refractivity (Wildman–Crippen MR) is 125 cm³/mol. The van der Waals surface area contributed by atoms with Gasteiger partial charge in [-0.15, -0.1) is 0 Å². The molecule has 1 aliphatic rings. The van der Waals surface area contributed by atoms with Crippen LogP contribution in [0, 0.1) is 0 Å². The molecule has 0 aliphatic carbocycles. The van der Waals surface area contributed by atoms with Crippen molar-refractivity contribution < 1.29 is 14.3 Å². The molecule has 1 heterocycles. The Morgan fingerprint density at radius 3 is 2.35 bits per heavy atom. The second kappa shape index (κ2) is 11.9. The molecule has 1 aliphatic heterocycles. The molecule has 2 aromatic carbocycles. The fourth-order valence-electron chi connectivity index (χ4n) is 4.00. The van der Waals surface area contributed by atoms with Crippen LogP contribution in [0.2, 0.25) is 0 Å². The van der Waals surface area contributed by atoms with Crippen molar-refractivity contribution >= 4 is 5.91 Å². The predicted octanol–water partition coefficient (Wildman–Crippen LogP) is 4.27. The van der Waals surface area contributed by atoms with Crippen molar-refractivity contribution in [3.63, 3.8) is 0 Å². The van der Waals surface area contributed by atoms with Gasteiger partial charge in [0.1, 0.15) is 11.9 Å². The van der Waals surface area contributed by atoms with E-state index in [4.69, 9.17) is 9.47 Å². The molecule has 2 aromatic rings. The maximum Gasteiger partial charge on any atom is 0.254 e. The van der Waals surface area contributed by atoms with E-state index in [1.165, 1.54) is 5.56 Å². The summed E-state index contributed by atoms with van der Waals surface area (Å²) in [6.07, 6.45) is 3.41. The van der Waals surface area contributed by atoms with Crippen molar-refractivity contribution in [1.82, 2.24) is 9.80 Å². The number of amides is 1. The number of carbonyl (C=O) groups is 1. The molecule has 3 rings (SSSR count). The normalized spacial score (nSPS) is 15.2. The number of hydrogen-bond donors (Lipinski definition) is 0. The molecule has 5 nitrogen and oxygen atoms in total. The van der Waals surface area contributed by atoms with Crippen LogP contribution < -0.4 is 4.74 Å². The Morgan fingerprint density at radius 1 is 1.06 bits per heavy atom. The Balaban J connectivity index is 1.45. The molecule has 1 amide bonds. The fourth-order valence-corrected chi connectivity index (χ4v) is 4.00. The number of benzene rings is 2. The van der Waals surface area contributed by atoms with E-state index in [0.29, 0.717) is 18.7 Å².